The lowest BCUT2D eigenvalue weighted by Gasteiger charge is -2.29. The Balaban J connectivity index is 1.96. The zero-order chi connectivity index (χ0) is 13.7. The number of nitriles is 1. The Kier molecular flexibility index (Phi) is 4.53. The van der Waals surface area contributed by atoms with Crippen molar-refractivity contribution in [1.82, 2.24) is 5.32 Å². The Labute approximate surface area is 113 Å². The third kappa shape index (κ3) is 3.55. The van der Waals surface area contributed by atoms with Crippen LogP contribution in [0.1, 0.15) is 36.8 Å². The lowest BCUT2D eigenvalue weighted by atomic mass is 9.84. The van der Waals surface area contributed by atoms with Gasteiger partial charge in [0.1, 0.15) is 0 Å². The topological polar surface area (TPSA) is 73.1 Å². The van der Waals surface area contributed by atoms with Crippen LogP contribution in [0.25, 0.3) is 0 Å². The second-order valence-electron chi connectivity index (χ2n) is 5.03. The van der Waals surface area contributed by atoms with Crippen LogP contribution < -0.4 is 5.32 Å². The molecule has 1 aromatic carbocycles. The molecule has 1 aliphatic carbocycles. The van der Waals surface area contributed by atoms with Gasteiger partial charge in [0.2, 0.25) is 0 Å². The molecule has 4 nitrogen and oxygen atoms in total. The van der Waals surface area contributed by atoms with Gasteiger partial charge in [0.15, 0.2) is 0 Å². The molecular formula is C15H18N2O2. The first kappa shape index (κ1) is 13.6. The first-order valence-electron chi connectivity index (χ1n) is 6.66. The molecule has 100 valence electrons. The molecule has 2 N–H and O–H groups in total. The molecule has 0 aliphatic heterocycles. The van der Waals surface area contributed by atoms with Gasteiger partial charge in [0.25, 0.3) is 0 Å². The summed E-state index contributed by atoms with van der Waals surface area (Å²) in [7, 11) is 0. The highest BCUT2D eigenvalue weighted by Gasteiger charge is 2.30. The number of hydrogen-bond acceptors (Lipinski definition) is 3. The molecule has 0 aromatic heterocycles. The Morgan fingerprint density at radius 3 is 2.95 bits per heavy atom. The minimum absolute atomic E-state index is 0.0389. The monoisotopic (exact) mass is 258 g/mol. The predicted molar refractivity (Wildman–Crippen MR) is 71.4 cm³/mol. The molecule has 0 radical (unpaired) electrons. The maximum Gasteiger partial charge on any atom is 0.308 e. The summed E-state index contributed by atoms with van der Waals surface area (Å²) in [4.78, 5) is 11.2. The van der Waals surface area contributed by atoms with Gasteiger partial charge in [-0.3, -0.25) is 4.79 Å². The van der Waals surface area contributed by atoms with Crippen LogP contribution in [-0.2, 0) is 11.3 Å². The molecule has 0 unspecified atom stereocenters. The Hall–Kier alpha value is -1.86. The lowest BCUT2D eigenvalue weighted by Crippen LogP contribution is -2.41. The lowest BCUT2D eigenvalue weighted by molar-refractivity contribution is -0.143. The fraction of sp³-hybridized carbons (Fsp3) is 0.467. The number of nitrogens with one attached hydrogen (secondary N) is 1. The minimum Gasteiger partial charge on any atom is -0.481 e. The third-order valence-electron chi connectivity index (χ3n) is 3.71. The van der Waals surface area contributed by atoms with Gasteiger partial charge in [-0.2, -0.15) is 5.26 Å². The van der Waals surface area contributed by atoms with Crippen LogP contribution in [0.5, 0.6) is 0 Å². The largest absolute Gasteiger partial charge is 0.481 e. The van der Waals surface area contributed by atoms with Crippen molar-refractivity contribution >= 4 is 5.97 Å². The molecule has 0 spiro atoms. The fourth-order valence-electron chi connectivity index (χ4n) is 2.67. The number of carbonyl (C=O) groups is 1. The Morgan fingerprint density at radius 1 is 1.42 bits per heavy atom. The normalized spacial score (nSPS) is 22.7. The summed E-state index contributed by atoms with van der Waals surface area (Å²) in [5.74, 6) is -0.990. The van der Waals surface area contributed by atoms with Gasteiger partial charge >= 0.3 is 5.97 Å². The fourth-order valence-corrected chi connectivity index (χ4v) is 2.67. The van der Waals surface area contributed by atoms with E-state index in [1.54, 1.807) is 6.07 Å². The van der Waals surface area contributed by atoms with Gasteiger partial charge in [0.05, 0.1) is 17.6 Å². The van der Waals surface area contributed by atoms with E-state index in [1.165, 1.54) is 0 Å². The predicted octanol–water partition coefficient (Wildman–Crippen LogP) is 2.29. The van der Waals surface area contributed by atoms with Gasteiger partial charge in [-0.05, 0) is 30.5 Å². The van der Waals surface area contributed by atoms with E-state index in [9.17, 15) is 9.90 Å². The van der Waals surface area contributed by atoms with Crippen molar-refractivity contribution in [3.05, 3.63) is 35.4 Å². The highest BCUT2D eigenvalue weighted by molar-refractivity contribution is 5.71. The second kappa shape index (κ2) is 6.35. The maximum absolute atomic E-state index is 11.2. The molecule has 2 atom stereocenters. The molecule has 1 aromatic rings. The van der Waals surface area contributed by atoms with Crippen LogP contribution in [0.2, 0.25) is 0 Å². The first-order valence-corrected chi connectivity index (χ1v) is 6.66. The van der Waals surface area contributed by atoms with E-state index >= 15 is 0 Å². The molecule has 0 heterocycles. The summed E-state index contributed by atoms with van der Waals surface area (Å²) in [5.41, 5.74) is 1.66. The van der Waals surface area contributed by atoms with E-state index in [4.69, 9.17) is 5.26 Å². The second-order valence-corrected chi connectivity index (χ2v) is 5.03. The van der Waals surface area contributed by atoms with Crippen LogP contribution in [0.3, 0.4) is 0 Å². The van der Waals surface area contributed by atoms with Gasteiger partial charge in [-0.15, -0.1) is 0 Å². The summed E-state index contributed by atoms with van der Waals surface area (Å²) < 4.78 is 0. The summed E-state index contributed by atoms with van der Waals surface area (Å²) in [6.07, 6.45) is 3.75. The summed E-state index contributed by atoms with van der Waals surface area (Å²) in [5, 5.41) is 21.4. The number of rotatable bonds is 4. The molecule has 4 heteroatoms. The zero-order valence-corrected chi connectivity index (χ0v) is 10.8. The SMILES string of the molecule is N#Cc1cccc(CN[C@H]2CCCC[C@H]2C(=O)O)c1. The summed E-state index contributed by atoms with van der Waals surface area (Å²) >= 11 is 0. The van der Waals surface area contributed by atoms with E-state index in [0.29, 0.717) is 12.1 Å². The molecule has 19 heavy (non-hydrogen) atoms. The number of hydrogen-bond donors (Lipinski definition) is 2. The van der Waals surface area contributed by atoms with E-state index in [2.05, 4.69) is 11.4 Å². The van der Waals surface area contributed by atoms with Crippen molar-refractivity contribution in [3.63, 3.8) is 0 Å². The number of carboxylic acid groups (broad SMARTS) is 1. The van der Waals surface area contributed by atoms with Crippen LogP contribution in [0.4, 0.5) is 0 Å². The van der Waals surface area contributed by atoms with Gasteiger partial charge in [-0.1, -0.05) is 25.0 Å². The number of benzene rings is 1. The Bertz CT molecular complexity index is 493. The molecule has 0 saturated heterocycles. The minimum atomic E-state index is -0.706. The molecule has 0 bridgehead atoms. The standard InChI is InChI=1S/C15H18N2O2/c16-9-11-4-3-5-12(8-11)10-17-14-7-2-1-6-13(14)15(18)19/h3-5,8,13-14,17H,1-2,6-7,10H2,(H,18,19)/t13-,14+/m1/s1. The smallest absolute Gasteiger partial charge is 0.308 e. The molecule has 0 amide bonds. The third-order valence-corrected chi connectivity index (χ3v) is 3.71. The number of nitrogens with zero attached hydrogens (tertiary/aromatic N) is 1. The summed E-state index contributed by atoms with van der Waals surface area (Å²) in [6.45, 7) is 0.615. The van der Waals surface area contributed by atoms with Crippen molar-refractivity contribution in [2.75, 3.05) is 0 Å². The number of aliphatic carboxylic acids is 1. The van der Waals surface area contributed by atoms with Crippen molar-refractivity contribution in [1.29, 1.82) is 5.26 Å². The first-order chi connectivity index (χ1) is 9.20. The van der Waals surface area contributed by atoms with Gasteiger partial charge in [0, 0.05) is 12.6 Å². The molecule has 2 rings (SSSR count). The van der Waals surface area contributed by atoms with Crippen molar-refractivity contribution < 1.29 is 9.90 Å². The highest BCUT2D eigenvalue weighted by atomic mass is 16.4. The zero-order valence-electron chi connectivity index (χ0n) is 10.8. The maximum atomic E-state index is 11.2. The molecular weight excluding hydrogens is 240 g/mol. The van der Waals surface area contributed by atoms with Gasteiger partial charge < -0.3 is 10.4 Å². The molecule has 1 saturated carbocycles. The van der Waals surface area contributed by atoms with E-state index < -0.39 is 5.97 Å². The van der Waals surface area contributed by atoms with E-state index in [1.807, 2.05) is 18.2 Å². The Morgan fingerprint density at radius 2 is 2.21 bits per heavy atom. The van der Waals surface area contributed by atoms with Crippen molar-refractivity contribution in [2.24, 2.45) is 5.92 Å². The molecule has 1 fully saturated rings. The van der Waals surface area contributed by atoms with Crippen LogP contribution >= 0.6 is 0 Å². The summed E-state index contributed by atoms with van der Waals surface area (Å²) in [6, 6.07) is 9.56. The quantitative estimate of drug-likeness (QED) is 0.869. The van der Waals surface area contributed by atoms with Gasteiger partial charge in [-0.25, -0.2) is 0 Å². The number of carboxylic acids is 1. The highest BCUT2D eigenvalue weighted by Crippen LogP contribution is 2.25. The van der Waals surface area contributed by atoms with Crippen LogP contribution in [-0.4, -0.2) is 17.1 Å². The molecule has 1 aliphatic rings. The van der Waals surface area contributed by atoms with Crippen molar-refractivity contribution in [2.45, 2.75) is 38.3 Å². The van der Waals surface area contributed by atoms with Crippen LogP contribution in [0, 0.1) is 17.2 Å². The van der Waals surface area contributed by atoms with Crippen LogP contribution in [0.15, 0.2) is 24.3 Å². The van der Waals surface area contributed by atoms with Crippen molar-refractivity contribution in [3.8, 4) is 6.07 Å². The average Bonchev–Trinajstić information content (AvgIpc) is 2.45. The van der Waals surface area contributed by atoms with E-state index in [0.717, 1.165) is 31.2 Å². The average molecular weight is 258 g/mol. The van der Waals surface area contributed by atoms with E-state index in [-0.39, 0.29) is 12.0 Å².